The highest BCUT2D eigenvalue weighted by atomic mass is 16.7. The number of likely N-dealkylation sites (N-methyl/N-ethyl adjacent to an activating group) is 1. The number of carboxylic acids is 1. The average molecular weight is 1000 g/mol. The SMILES string of the molecule is CCCCCCC/C=C\C/C=C\C/C=C\CCCCCCCCCCCCCCC(=O)OC(COC(=O)CCCCCCCCCCCCCCCCCCCCC)COC(OCC[N+](C)(C)C)C(=O)[O-]. The van der Waals surface area contributed by atoms with Gasteiger partial charge in [0.15, 0.2) is 12.4 Å². The van der Waals surface area contributed by atoms with Crippen molar-refractivity contribution in [1.29, 1.82) is 0 Å². The number of unbranched alkanes of at least 4 members (excludes halogenated alkanes) is 35. The van der Waals surface area contributed by atoms with E-state index in [1.165, 1.54) is 199 Å². The molecule has 0 N–H and O–H groups in total. The number of hydrogen-bond donors (Lipinski definition) is 0. The molecule has 9 heteroatoms. The monoisotopic (exact) mass is 1000 g/mol. The van der Waals surface area contributed by atoms with Gasteiger partial charge in [-0.1, -0.05) is 256 Å². The molecule has 0 amide bonds. The van der Waals surface area contributed by atoms with Crippen LogP contribution in [0, 0.1) is 0 Å². The number of hydrogen-bond acceptors (Lipinski definition) is 8. The van der Waals surface area contributed by atoms with Crippen LogP contribution in [0.25, 0.3) is 0 Å². The average Bonchev–Trinajstić information content (AvgIpc) is 3.34. The fourth-order valence-electron chi connectivity index (χ4n) is 8.72. The normalized spacial score (nSPS) is 13.0. The van der Waals surface area contributed by atoms with Crippen LogP contribution in [-0.2, 0) is 33.3 Å². The van der Waals surface area contributed by atoms with Crippen LogP contribution in [0.2, 0.25) is 0 Å². The van der Waals surface area contributed by atoms with Crippen molar-refractivity contribution in [3.05, 3.63) is 36.5 Å². The van der Waals surface area contributed by atoms with E-state index in [2.05, 4.69) is 50.3 Å². The molecule has 0 aromatic heterocycles. The van der Waals surface area contributed by atoms with Crippen molar-refractivity contribution in [2.24, 2.45) is 0 Å². The molecule has 0 radical (unpaired) electrons. The molecule has 2 atom stereocenters. The van der Waals surface area contributed by atoms with E-state index in [9.17, 15) is 19.5 Å². The van der Waals surface area contributed by atoms with Crippen molar-refractivity contribution in [1.82, 2.24) is 0 Å². The molecule has 0 rings (SSSR count). The van der Waals surface area contributed by atoms with Gasteiger partial charge in [0.1, 0.15) is 13.2 Å². The molecule has 9 nitrogen and oxygen atoms in total. The molecule has 0 aromatic rings. The molecule has 416 valence electrons. The van der Waals surface area contributed by atoms with Crippen LogP contribution in [-0.4, -0.2) is 82.3 Å². The number of esters is 2. The zero-order valence-corrected chi connectivity index (χ0v) is 47.4. The number of nitrogens with zero attached hydrogens (tertiary/aromatic N) is 1. The molecule has 0 aliphatic carbocycles. The highest BCUT2D eigenvalue weighted by molar-refractivity contribution is 5.70. The second-order valence-electron chi connectivity index (χ2n) is 21.6. The maximum absolute atomic E-state index is 12.9. The Morgan fingerprint density at radius 2 is 0.761 bits per heavy atom. The summed E-state index contributed by atoms with van der Waals surface area (Å²) in [5, 5.41) is 11.8. The number of quaternary nitrogens is 1. The van der Waals surface area contributed by atoms with Gasteiger partial charge in [0, 0.05) is 12.8 Å². The predicted octanol–water partition coefficient (Wildman–Crippen LogP) is 16.3. The first kappa shape index (κ1) is 68.5. The molecule has 0 saturated carbocycles. The number of carbonyl (C=O) groups excluding carboxylic acids is 3. The van der Waals surface area contributed by atoms with Crippen molar-refractivity contribution >= 4 is 17.9 Å². The van der Waals surface area contributed by atoms with Crippen molar-refractivity contribution in [2.45, 2.75) is 296 Å². The van der Waals surface area contributed by atoms with Crippen molar-refractivity contribution in [3.8, 4) is 0 Å². The Labute approximate surface area is 439 Å². The molecular weight excluding hydrogens is 887 g/mol. The minimum Gasteiger partial charge on any atom is -0.545 e. The van der Waals surface area contributed by atoms with Gasteiger partial charge < -0.3 is 33.3 Å². The molecule has 0 aliphatic rings. The highest BCUT2D eigenvalue weighted by Gasteiger charge is 2.22. The fourth-order valence-corrected chi connectivity index (χ4v) is 8.72. The van der Waals surface area contributed by atoms with E-state index in [0.717, 1.165) is 51.4 Å². The van der Waals surface area contributed by atoms with Crippen LogP contribution in [0.3, 0.4) is 0 Å². The Hall–Kier alpha value is -2.49. The van der Waals surface area contributed by atoms with Gasteiger partial charge in [0.05, 0.1) is 40.3 Å². The van der Waals surface area contributed by atoms with Crippen molar-refractivity contribution in [2.75, 3.05) is 47.5 Å². The first-order valence-electron chi connectivity index (χ1n) is 30.1. The van der Waals surface area contributed by atoms with Crippen LogP contribution in [0.15, 0.2) is 36.5 Å². The molecule has 2 unspecified atom stereocenters. The molecule has 0 aliphatic heterocycles. The zero-order chi connectivity index (χ0) is 52.0. The smallest absolute Gasteiger partial charge is 0.306 e. The van der Waals surface area contributed by atoms with E-state index in [4.69, 9.17) is 18.9 Å². The first-order chi connectivity index (χ1) is 34.6. The highest BCUT2D eigenvalue weighted by Crippen LogP contribution is 2.17. The van der Waals surface area contributed by atoms with E-state index in [0.29, 0.717) is 23.9 Å². The van der Waals surface area contributed by atoms with Crippen LogP contribution in [0.1, 0.15) is 284 Å². The van der Waals surface area contributed by atoms with Crippen molar-refractivity contribution in [3.63, 3.8) is 0 Å². The lowest BCUT2D eigenvalue weighted by Crippen LogP contribution is -2.44. The van der Waals surface area contributed by atoms with E-state index in [1.807, 2.05) is 21.1 Å². The predicted molar refractivity (Wildman–Crippen MR) is 297 cm³/mol. The summed E-state index contributed by atoms with van der Waals surface area (Å²) >= 11 is 0. The quantitative estimate of drug-likeness (QED) is 0.0195. The molecule has 0 heterocycles. The Morgan fingerprint density at radius 3 is 1.13 bits per heavy atom. The number of allylic oxidation sites excluding steroid dienone is 6. The third kappa shape index (κ3) is 55.1. The minimum atomic E-state index is -1.62. The summed E-state index contributed by atoms with van der Waals surface area (Å²) in [5.41, 5.74) is 0. The number of carboxylic acid groups (broad SMARTS) is 1. The maximum atomic E-state index is 12.9. The Bertz CT molecular complexity index is 1260. The molecule has 0 spiro atoms. The fraction of sp³-hybridized carbons (Fsp3) is 0.855. The lowest BCUT2D eigenvalue weighted by molar-refractivity contribution is -0.870. The first-order valence-corrected chi connectivity index (χ1v) is 30.1. The number of rotatable bonds is 56. The van der Waals surface area contributed by atoms with Gasteiger partial charge in [-0.05, 0) is 51.4 Å². The van der Waals surface area contributed by atoms with Crippen LogP contribution < -0.4 is 5.11 Å². The summed E-state index contributed by atoms with van der Waals surface area (Å²) in [5.74, 6) is -2.27. The van der Waals surface area contributed by atoms with Gasteiger partial charge >= 0.3 is 11.9 Å². The topological polar surface area (TPSA) is 111 Å². The maximum Gasteiger partial charge on any atom is 0.306 e. The second kappa shape index (κ2) is 53.8. The van der Waals surface area contributed by atoms with E-state index in [-0.39, 0.29) is 32.2 Å². The summed E-state index contributed by atoms with van der Waals surface area (Å²) in [6.45, 7) is 4.78. The van der Waals surface area contributed by atoms with Crippen LogP contribution in [0.4, 0.5) is 0 Å². The summed E-state index contributed by atoms with van der Waals surface area (Å²) in [7, 11) is 5.93. The third-order valence-corrected chi connectivity index (χ3v) is 13.4. The number of aliphatic carboxylic acids is 1. The third-order valence-electron chi connectivity index (χ3n) is 13.4. The Balaban J connectivity index is 4.20. The molecular formula is C62H115NO8. The Morgan fingerprint density at radius 1 is 0.423 bits per heavy atom. The number of carbonyl (C=O) groups is 3. The van der Waals surface area contributed by atoms with Gasteiger partial charge in [-0.3, -0.25) is 9.59 Å². The van der Waals surface area contributed by atoms with E-state index in [1.54, 1.807) is 0 Å². The zero-order valence-electron chi connectivity index (χ0n) is 47.4. The lowest BCUT2D eigenvalue weighted by atomic mass is 10.0. The molecule has 0 saturated heterocycles. The van der Waals surface area contributed by atoms with E-state index < -0.39 is 24.3 Å². The lowest BCUT2D eigenvalue weighted by Gasteiger charge is -2.26. The van der Waals surface area contributed by atoms with Gasteiger partial charge in [-0.15, -0.1) is 0 Å². The largest absolute Gasteiger partial charge is 0.545 e. The molecule has 0 bridgehead atoms. The second-order valence-corrected chi connectivity index (χ2v) is 21.6. The minimum absolute atomic E-state index is 0.149. The van der Waals surface area contributed by atoms with Gasteiger partial charge in [0.2, 0.25) is 0 Å². The Kier molecular flexibility index (Phi) is 51.9. The van der Waals surface area contributed by atoms with Gasteiger partial charge in [0.25, 0.3) is 0 Å². The summed E-state index contributed by atoms with van der Waals surface area (Å²) in [6, 6.07) is 0. The van der Waals surface area contributed by atoms with Crippen LogP contribution >= 0.6 is 0 Å². The van der Waals surface area contributed by atoms with E-state index >= 15 is 0 Å². The summed E-state index contributed by atoms with van der Waals surface area (Å²) in [4.78, 5) is 37.3. The molecule has 0 fully saturated rings. The van der Waals surface area contributed by atoms with Gasteiger partial charge in [-0.2, -0.15) is 0 Å². The molecule has 71 heavy (non-hydrogen) atoms. The van der Waals surface area contributed by atoms with Crippen molar-refractivity contribution < 1.29 is 42.9 Å². The van der Waals surface area contributed by atoms with Crippen LogP contribution in [0.5, 0.6) is 0 Å². The van der Waals surface area contributed by atoms with Gasteiger partial charge in [-0.25, -0.2) is 0 Å². The number of ether oxygens (including phenoxy) is 4. The standard InChI is InChI=1S/C62H115NO8/c1-6-8-10-12-14-16-18-20-22-24-26-27-28-29-30-31-32-33-35-37-39-41-43-45-47-49-51-53-60(65)71-58(57-70-62(61(66)67)68-55-54-63(3,4)5)56-69-59(64)52-50-48-46-44-42-40-38-36-34-25-23-21-19-17-15-13-11-9-7-2/h18,20,24,26,28-29,58,62H,6-17,19,21-23,25,27,30-57H2,1-5H3/b20-18-,26-24-,29-28-. The summed E-state index contributed by atoms with van der Waals surface area (Å²) in [6.07, 6.45) is 61.9. The summed E-state index contributed by atoms with van der Waals surface area (Å²) < 4.78 is 22.7. The molecule has 0 aromatic carbocycles.